The topological polar surface area (TPSA) is 58.9 Å². The van der Waals surface area contributed by atoms with E-state index in [9.17, 15) is 0 Å². The Labute approximate surface area is 162 Å². The van der Waals surface area contributed by atoms with Crippen molar-refractivity contribution < 1.29 is 0 Å². The van der Waals surface area contributed by atoms with Crippen LogP contribution in [0.2, 0.25) is 0 Å². The van der Waals surface area contributed by atoms with Crippen LogP contribution in [0, 0.1) is 24.7 Å². The first-order valence-corrected chi connectivity index (χ1v) is 10.3. The number of aryl methyl sites for hydroxylation is 2. The number of fused-ring (bicyclic) bond motifs is 1. The van der Waals surface area contributed by atoms with Crippen LogP contribution in [0.25, 0.3) is 11.4 Å². The Morgan fingerprint density at radius 2 is 1.93 bits per heavy atom. The number of nitrogens with zero attached hydrogens (tertiary/aromatic N) is 5. The van der Waals surface area contributed by atoms with Crippen LogP contribution in [0.1, 0.15) is 38.7 Å². The quantitative estimate of drug-likeness (QED) is 0.847. The minimum Gasteiger partial charge on any atom is -0.366 e. The lowest BCUT2D eigenvalue weighted by atomic mass is 10.0. The predicted molar refractivity (Wildman–Crippen MR) is 108 cm³/mol. The van der Waals surface area contributed by atoms with Gasteiger partial charge in [0.05, 0.1) is 11.9 Å². The molecule has 1 saturated carbocycles. The van der Waals surface area contributed by atoms with Gasteiger partial charge in [-0.05, 0) is 55.2 Å². The van der Waals surface area contributed by atoms with Gasteiger partial charge in [0, 0.05) is 32.7 Å². The van der Waals surface area contributed by atoms with Gasteiger partial charge in [-0.25, -0.2) is 0 Å². The van der Waals surface area contributed by atoms with Crippen LogP contribution in [-0.2, 0) is 7.05 Å². The van der Waals surface area contributed by atoms with E-state index in [1.54, 1.807) is 0 Å². The normalized spacial score (nSPS) is 26.3. The first-order chi connectivity index (χ1) is 13.0. The molecule has 0 spiro atoms. The van der Waals surface area contributed by atoms with Gasteiger partial charge in [-0.15, -0.1) is 10.2 Å². The van der Waals surface area contributed by atoms with Gasteiger partial charge in [0.15, 0.2) is 0 Å². The second-order valence-corrected chi connectivity index (χ2v) is 8.67. The van der Waals surface area contributed by atoms with Gasteiger partial charge in [0.1, 0.15) is 11.5 Å². The van der Waals surface area contributed by atoms with Crippen LogP contribution < -0.4 is 5.32 Å². The molecule has 27 heavy (non-hydrogen) atoms. The number of hydrogen-bond acceptors (Lipinski definition) is 5. The summed E-state index contributed by atoms with van der Waals surface area (Å²) in [4.78, 5) is 2.69. The molecule has 4 rings (SSSR count). The first kappa shape index (κ1) is 18.4. The van der Waals surface area contributed by atoms with E-state index in [0.717, 1.165) is 40.5 Å². The van der Waals surface area contributed by atoms with Gasteiger partial charge in [-0.3, -0.25) is 4.68 Å². The number of rotatable bonds is 6. The van der Waals surface area contributed by atoms with Crippen molar-refractivity contribution in [1.29, 1.82) is 0 Å². The third-order valence-electron chi connectivity index (χ3n) is 6.47. The predicted octanol–water partition coefficient (Wildman–Crippen LogP) is 3.35. The van der Waals surface area contributed by atoms with E-state index < -0.39 is 0 Å². The molecule has 2 aromatic heterocycles. The minimum atomic E-state index is 0.532. The molecule has 1 aliphatic carbocycles. The fourth-order valence-corrected chi connectivity index (χ4v) is 4.89. The van der Waals surface area contributed by atoms with E-state index in [1.807, 2.05) is 24.0 Å². The molecule has 0 amide bonds. The van der Waals surface area contributed by atoms with Crippen molar-refractivity contribution in [2.75, 3.05) is 25.0 Å². The van der Waals surface area contributed by atoms with Crippen molar-refractivity contribution in [3.8, 4) is 11.4 Å². The Bertz CT molecular complexity index is 734. The second-order valence-electron chi connectivity index (χ2n) is 8.67. The molecule has 1 N–H and O–H groups in total. The van der Waals surface area contributed by atoms with Crippen molar-refractivity contribution in [1.82, 2.24) is 24.9 Å². The van der Waals surface area contributed by atoms with Gasteiger partial charge in [0.25, 0.3) is 0 Å². The molecular weight excluding hydrogens is 336 g/mol. The zero-order valence-electron chi connectivity index (χ0n) is 17.0. The molecular formula is C21H32N6. The molecule has 2 aromatic rings. The highest BCUT2D eigenvalue weighted by Crippen LogP contribution is 2.39. The molecule has 0 aromatic carbocycles. The second kappa shape index (κ2) is 7.58. The minimum absolute atomic E-state index is 0.532. The summed E-state index contributed by atoms with van der Waals surface area (Å²) in [5.74, 6) is 3.39. The molecule has 0 bridgehead atoms. The number of anilines is 1. The molecule has 2 fully saturated rings. The van der Waals surface area contributed by atoms with Crippen molar-refractivity contribution in [2.45, 2.75) is 46.1 Å². The molecule has 3 atom stereocenters. The molecule has 3 heterocycles. The summed E-state index contributed by atoms with van der Waals surface area (Å²) < 4.78 is 1.86. The van der Waals surface area contributed by atoms with Gasteiger partial charge in [0.2, 0.25) is 0 Å². The average molecular weight is 369 g/mol. The highest BCUT2D eigenvalue weighted by atomic mass is 15.3. The summed E-state index contributed by atoms with van der Waals surface area (Å²) >= 11 is 0. The van der Waals surface area contributed by atoms with E-state index in [-0.39, 0.29) is 0 Å². The summed E-state index contributed by atoms with van der Waals surface area (Å²) in [7, 11) is 1.94. The molecule has 1 saturated heterocycles. The lowest BCUT2D eigenvalue weighted by Crippen LogP contribution is -2.29. The van der Waals surface area contributed by atoms with Crippen LogP contribution in [0.4, 0.5) is 5.82 Å². The third kappa shape index (κ3) is 3.86. The summed E-state index contributed by atoms with van der Waals surface area (Å²) in [6, 6.07) is 4.63. The van der Waals surface area contributed by atoms with Crippen molar-refractivity contribution in [3.63, 3.8) is 0 Å². The maximum atomic E-state index is 4.43. The highest BCUT2D eigenvalue weighted by Gasteiger charge is 2.40. The Morgan fingerprint density at radius 3 is 2.48 bits per heavy atom. The highest BCUT2D eigenvalue weighted by molar-refractivity contribution is 5.59. The largest absolute Gasteiger partial charge is 0.366 e. The standard InChI is InChI=1S/C21H32N6/c1-5-14(2)11-27-12-16-8-18(9-17(16)13-27)23-20-7-6-19(24-25-20)21-15(3)10-22-26(21)4/h6-7,10,14,16-18H,5,8-9,11-13H2,1-4H3,(H,23,25). The molecule has 3 unspecified atom stereocenters. The first-order valence-electron chi connectivity index (χ1n) is 10.3. The number of nitrogens with one attached hydrogen (secondary N) is 1. The molecule has 6 heteroatoms. The Hall–Kier alpha value is -1.95. The summed E-state index contributed by atoms with van der Waals surface area (Å²) in [6.07, 6.45) is 5.66. The molecule has 146 valence electrons. The number of hydrogen-bond donors (Lipinski definition) is 1. The maximum absolute atomic E-state index is 4.43. The van der Waals surface area contributed by atoms with Gasteiger partial charge in [-0.1, -0.05) is 20.3 Å². The fourth-order valence-electron chi connectivity index (χ4n) is 4.89. The van der Waals surface area contributed by atoms with E-state index >= 15 is 0 Å². The lowest BCUT2D eigenvalue weighted by molar-refractivity contribution is 0.263. The van der Waals surface area contributed by atoms with E-state index in [1.165, 1.54) is 38.9 Å². The summed E-state index contributed by atoms with van der Waals surface area (Å²) in [5.41, 5.74) is 3.03. The number of aromatic nitrogens is 4. The van der Waals surface area contributed by atoms with Crippen LogP contribution >= 0.6 is 0 Å². The van der Waals surface area contributed by atoms with E-state index in [4.69, 9.17) is 0 Å². The average Bonchev–Trinajstić information content (AvgIpc) is 3.29. The zero-order valence-corrected chi connectivity index (χ0v) is 17.0. The Kier molecular flexibility index (Phi) is 5.17. The Balaban J connectivity index is 1.33. The molecule has 1 aliphatic heterocycles. The molecule has 6 nitrogen and oxygen atoms in total. The lowest BCUT2D eigenvalue weighted by Gasteiger charge is -2.22. The summed E-state index contributed by atoms with van der Waals surface area (Å²) in [6.45, 7) is 10.5. The van der Waals surface area contributed by atoms with Crippen LogP contribution in [0.5, 0.6) is 0 Å². The monoisotopic (exact) mass is 368 g/mol. The van der Waals surface area contributed by atoms with Gasteiger partial charge in [-0.2, -0.15) is 5.10 Å². The zero-order chi connectivity index (χ0) is 19.0. The van der Waals surface area contributed by atoms with E-state index in [0.29, 0.717) is 6.04 Å². The van der Waals surface area contributed by atoms with Crippen molar-refractivity contribution in [2.24, 2.45) is 24.8 Å². The smallest absolute Gasteiger partial charge is 0.148 e. The van der Waals surface area contributed by atoms with Crippen LogP contribution in [0.3, 0.4) is 0 Å². The number of likely N-dealkylation sites (tertiary alicyclic amines) is 1. The Morgan fingerprint density at radius 1 is 1.19 bits per heavy atom. The third-order valence-corrected chi connectivity index (χ3v) is 6.47. The van der Waals surface area contributed by atoms with Crippen LogP contribution in [-0.4, -0.2) is 50.6 Å². The summed E-state index contributed by atoms with van der Waals surface area (Å²) in [5, 5.41) is 16.8. The SMILES string of the molecule is CCC(C)CN1CC2CC(Nc3ccc(-c4c(C)cnn4C)nn3)CC2C1. The molecule has 0 radical (unpaired) electrons. The molecule has 2 aliphatic rings. The van der Waals surface area contributed by atoms with E-state index in [2.05, 4.69) is 52.4 Å². The van der Waals surface area contributed by atoms with Crippen molar-refractivity contribution in [3.05, 3.63) is 23.9 Å². The van der Waals surface area contributed by atoms with Crippen LogP contribution in [0.15, 0.2) is 18.3 Å². The van der Waals surface area contributed by atoms with Crippen molar-refractivity contribution >= 4 is 5.82 Å². The van der Waals surface area contributed by atoms with Gasteiger partial charge < -0.3 is 10.2 Å². The maximum Gasteiger partial charge on any atom is 0.148 e. The fraction of sp³-hybridized carbons (Fsp3) is 0.667. The van der Waals surface area contributed by atoms with Gasteiger partial charge >= 0.3 is 0 Å².